The predicted octanol–water partition coefficient (Wildman–Crippen LogP) is 4.05. The first-order valence-corrected chi connectivity index (χ1v) is 5.98. The van der Waals surface area contributed by atoms with Gasteiger partial charge in [-0.2, -0.15) is 0 Å². The van der Waals surface area contributed by atoms with E-state index in [9.17, 15) is 10.1 Å². The summed E-state index contributed by atoms with van der Waals surface area (Å²) in [6.45, 7) is 2.00. The summed E-state index contributed by atoms with van der Waals surface area (Å²) in [5.41, 5.74) is 3.90. The van der Waals surface area contributed by atoms with Crippen molar-refractivity contribution in [1.82, 2.24) is 4.98 Å². The van der Waals surface area contributed by atoms with Crippen LogP contribution in [0.15, 0.2) is 48.7 Å². The smallest absolute Gasteiger partial charge is 0.279 e. The van der Waals surface area contributed by atoms with Crippen molar-refractivity contribution in [3.63, 3.8) is 0 Å². The van der Waals surface area contributed by atoms with Gasteiger partial charge in [0.1, 0.15) is 0 Å². The van der Waals surface area contributed by atoms with Gasteiger partial charge >= 0.3 is 0 Å². The Labute approximate surface area is 109 Å². The number of nitro groups is 1. The first kappa shape index (κ1) is 11.5. The second kappa shape index (κ2) is 4.24. The number of H-pyrrole nitrogens is 1. The van der Waals surface area contributed by atoms with Crippen LogP contribution in [-0.4, -0.2) is 9.91 Å². The van der Waals surface area contributed by atoms with Crippen molar-refractivity contribution in [2.24, 2.45) is 0 Å². The Morgan fingerprint density at radius 2 is 1.95 bits per heavy atom. The van der Waals surface area contributed by atoms with Crippen molar-refractivity contribution in [1.29, 1.82) is 0 Å². The van der Waals surface area contributed by atoms with E-state index >= 15 is 0 Å². The van der Waals surface area contributed by atoms with Crippen LogP contribution in [0.3, 0.4) is 0 Å². The van der Waals surface area contributed by atoms with Gasteiger partial charge in [0.15, 0.2) is 0 Å². The van der Waals surface area contributed by atoms with E-state index in [1.807, 2.05) is 37.3 Å². The highest BCUT2D eigenvalue weighted by atomic mass is 16.6. The van der Waals surface area contributed by atoms with Gasteiger partial charge < -0.3 is 4.98 Å². The van der Waals surface area contributed by atoms with E-state index in [-0.39, 0.29) is 10.6 Å². The molecule has 94 valence electrons. The molecule has 0 amide bonds. The van der Waals surface area contributed by atoms with Crippen LogP contribution in [0, 0.1) is 17.0 Å². The van der Waals surface area contributed by atoms with E-state index in [0.29, 0.717) is 5.39 Å². The van der Waals surface area contributed by atoms with E-state index in [2.05, 4.69) is 4.98 Å². The molecule has 1 heterocycles. The minimum absolute atomic E-state index is 0.136. The van der Waals surface area contributed by atoms with Gasteiger partial charge in [-0.25, -0.2) is 0 Å². The average Bonchev–Trinajstić information content (AvgIpc) is 2.86. The van der Waals surface area contributed by atoms with Crippen molar-refractivity contribution < 1.29 is 4.92 Å². The Balaban J connectivity index is 2.31. The standard InChI is InChI=1S/C15H12N2O2/c1-10-4-2-3-5-12(10)11-8-14-13(6-7-16-14)15(9-11)17(18)19/h2-9,16H,1H3. The van der Waals surface area contributed by atoms with Crippen LogP contribution in [0.5, 0.6) is 0 Å². The number of nitrogens with one attached hydrogen (secondary N) is 1. The molecule has 4 nitrogen and oxygen atoms in total. The number of hydrogen-bond donors (Lipinski definition) is 1. The zero-order valence-electron chi connectivity index (χ0n) is 10.4. The zero-order valence-corrected chi connectivity index (χ0v) is 10.4. The summed E-state index contributed by atoms with van der Waals surface area (Å²) >= 11 is 0. The Hall–Kier alpha value is -2.62. The number of aromatic nitrogens is 1. The van der Waals surface area contributed by atoms with Gasteiger partial charge in [0.05, 0.1) is 15.8 Å². The van der Waals surface area contributed by atoms with Gasteiger partial charge in [-0.05, 0) is 35.7 Å². The lowest BCUT2D eigenvalue weighted by atomic mass is 9.99. The molecule has 0 radical (unpaired) electrons. The van der Waals surface area contributed by atoms with Gasteiger partial charge in [0.25, 0.3) is 5.69 Å². The number of nitrogens with zero attached hydrogens (tertiary/aromatic N) is 1. The molecule has 19 heavy (non-hydrogen) atoms. The maximum atomic E-state index is 11.2. The molecular weight excluding hydrogens is 240 g/mol. The number of benzene rings is 2. The fourth-order valence-electron chi connectivity index (χ4n) is 2.35. The summed E-state index contributed by atoms with van der Waals surface area (Å²) in [6, 6.07) is 13.2. The largest absolute Gasteiger partial charge is 0.361 e. The van der Waals surface area contributed by atoms with Crippen LogP contribution in [0.2, 0.25) is 0 Å². The van der Waals surface area contributed by atoms with Gasteiger partial charge in [-0.15, -0.1) is 0 Å². The molecule has 3 aromatic rings. The highest BCUT2D eigenvalue weighted by molar-refractivity contribution is 5.93. The molecular formula is C15H12N2O2. The summed E-state index contributed by atoms with van der Waals surface area (Å²) in [5.74, 6) is 0. The molecule has 0 atom stereocenters. The van der Waals surface area contributed by atoms with Crippen LogP contribution >= 0.6 is 0 Å². The van der Waals surface area contributed by atoms with Crippen LogP contribution in [0.25, 0.3) is 22.0 Å². The zero-order chi connectivity index (χ0) is 13.4. The number of hydrogen-bond acceptors (Lipinski definition) is 2. The first-order chi connectivity index (χ1) is 9.16. The third-order valence-electron chi connectivity index (χ3n) is 3.30. The normalized spacial score (nSPS) is 10.8. The molecule has 0 aliphatic carbocycles. The quantitative estimate of drug-likeness (QED) is 0.552. The number of aromatic amines is 1. The Bertz CT molecular complexity index is 775. The monoisotopic (exact) mass is 252 g/mol. The predicted molar refractivity (Wildman–Crippen MR) is 75.1 cm³/mol. The molecule has 1 N–H and O–H groups in total. The van der Waals surface area contributed by atoms with Gasteiger partial charge in [-0.3, -0.25) is 10.1 Å². The van der Waals surface area contributed by atoms with Gasteiger partial charge in [0.2, 0.25) is 0 Å². The SMILES string of the molecule is Cc1ccccc1-c1cc([N+](=O)[O-])c2cc[nH]c2c1. The molecule has 1 aromatic heterocycles. The third-order valence-corrected chi connectivity index (χ3v) is 3.30. The lowest BCUT2D eigenvalue weighted by Crippen LogP contribution is -1.91. The summed E-state index contributed by atoms with van der Waals surface area (Å²) in [5, 5.41) is 11.8. The van der Waals surface area contributed by atoms with E-state index in [1.54, 1.807) is 18.3 Å². The number of non-ortho nitro benzene ring substituents is 1. The van der Waals surface area contributed by atoms with Crippen LogP contribution in [0.4, 0.5) is 5.69 Å². The summed E-state index contributed by atoms with van der Waals surface area (Å²) in [7, 11) is 0. The number of fused-ring (bicyclic) bond motifs is 1. The van der Waals surface area contributed by atoms with Gasteiger partial charge in [0, 0.05) is 12.3 Å². The fourth-order valence-corrected chi connectivity index (χ4v) is 2.35. The molecule has 2 aromatic carbocycles. The van der Waals surface area contributed by atoms with Crippen LogP contribution in [0.1, 0.15) is 5.56 Å². The molecule has 3 rings (SSSR count). The molecule has 4 heteroatoms. The lowest BCUT2D eigenvalue weighted by molar-refractivity contribution is -0.383. The lowest BCUT2D eigenvalue weighted by Gasteiger charge is -2.06. The van der Waals surface area contributed by atoms with Crippen molar-refractivity contribution >= 4 is 16.6 Å². The third kappa shape index (κ3) is 1.87. The van der Waals surface area contributed by atoms with Crippen LogP contribution < -0.4 is 0 Å². The fraction of sp³-hybridized carbons (Fsp3) is 0.0667. The van der Waals surface area contributed by atoms with Gasteiger partial charge in [-0.1, -0.05) is 24.3 Å². The van der Waals surface area contributed by atoms with Crippen LogP contribution in [-0.2, 0) is 0 Å². The number of rotatable bonds is 2. The summed E-state index contributed by atoms with van der Waals surface area (Å²) in [6.07, 6.45) is 1.72. The maximum absolute atomic E-state index is 11.2. The van der Waals surface area contributed by atoms with E-state index in [4.69, 9.17) is 0 Å². The van der Waals surface area contributed by atoms with Crippen molar-refractivity contribution in [3.8, 4) is 11.1 Å². The molecule has 0 aliphatic heterocycles. The second-order valence-corrected chi connectivity index (χ2v) is 4.51. The Morgan fingerprint density at radius 1 is 1.16 bits per heavy atom. The average molecular weight is 252 g/mol. The Morgan fingerprint density at radius 3 is 2.68 bits per heavy atom. The minimum atomic E-state index is -0.335. The van der Waals surface area contributed by atoms with E-state index < -0.39 is 0 Å². The topological polar surface area (TPSA) is 58.9 Å². The molecule has 0 spiro atoms. The van der Waals surface area contributed by atoms with E-state index in [1.165, 1.54) is 0 Å². The minimum Gasteiger partial charge on any atom is -0.361 e. The van der Waals surface area contributed by atoms with E-state index in [0.717, 1.165) is 22.2 Å². The molecule has 0 aliphatic rings. The molecule has 0 fully saturated rings. The number of nitro benzene ring substituents is 1. The van der Waals surface area contributed by atoms with Crippen molar-refractivity contribution in [2.75, 3.05) is 0 Å². The highest BCUT2D eigenvalue weighted by Crippen LogP contribution is 2.32. The van der Waals surface area contributed by atoms with Crippen molar-refractivity contribution in [2.45, 2.75) is 6.92 Å². The molecule has 0 unspecified atom stereocenters. The molecule has 0 saturated heterocycles. The highest BCUT2D eigenvalue weighted by Gasteiger charge is 2.15. The first-order valence-electron chi connectivity index (χ1n) is 5.98. The molecule has 0 saturated carbocycles. The summed E-state index contributed by atoms with van der Waals surface area (Å²) < 4.78 is 0. The molecule has 0 bridgehead atoms. The van der Waals surface area contributed by atoms with Crippen molar-refractivity contribution in [3.05, 3.63) is 64.3 Å². The maximum Gasteiger partial charge on any atom is 0.279 e. The second-order valence-electron chi connectivity index (χ2n) is 4.51. The summed E-state index contributed by atoms with van der Waals surface area (Å²) in [4.78, 5) is 13.9. The Kier molecular flexibility index (Phi) is 2.56. The number of aryl methyl sites for hydroxylation is 1.